The topological polar surface area (TPSA) is 42.3 Å². The molecule has 1 aromatic carbocycles. The molecule has 118 valence electrons. The number of aromatic nitrogens is 2. The van der Waals surface area contributed by atoms with Gasteiger partial charge < -0.3 is 19.5 Å². The van der Waals surface area contributed by atoms with Gasteiger partial charge in [0, 0.05) is 39.1 Å². The lowest BCUT2D eigenvalue weighted by molar-refractivity contribution is 0.386. The Labute approximate surface area is 136 Å². The van der Waals surface area contributed by atoms with Crippen LogP contribution < -0.4 is 10.1 Å². The largest absolute Gasteiger partial charge is 0.497 e. The standard InChI is InChI=1S/C16H22N4OS/c1-17-16(22)20(10-3-9-19-11-8-18-13-19)12-14-4-6-15(21-2)7-5-14/h4-8,11,13H,3,9-10,12H2,1-2H3,(H,17,22). The molecular weight excluding hydrogens is 296 g/mol. The molecule has 0 atom stereocenters. The van der Waals surface area contributed by atoms with Crippen molar-refractivity contribution in [3.05, 3.63) is 48.5 Å². The van der Waals surface area contributed by atoms with Gasteiger partial charge >= 0.3 is 0 Å². The van der Waals surface area contributed by atoms with Crippen LogP contribution in [0, 0.1) is 0 Å². The summed E-state index contributed by atoms with van der Waals surface area (Å²) < 4.78 is 7.27. The van der Waals surface area contributed by atoms with E-state index in [4.69, 9.17) is 17.0 Å². The van der Waals surface area contributed by atoms with Gasteiger partial charge in [-0.25, -0.2) is 4.98 Å². The Kier molecular flexibility index (Phi) is 6.21. The van der Waals surface area contributed by atoms with E-state index >= 15 is 0 Å². The van der Waals surface area contributed by atoms with Crippen molar-refractivity contribution in [1.82, 2.24) is 19.8 Å². The molecule has 0 bridgehead atoms. The van der Waals surface area contributed by atoms with Crippen LogP contribution >= 0.6 is 12.2 Å². The summed E-state index contributed by atoms with van der Waals surface area (Å²) in [4.78, 5) is 6.23. The molecule has 0 fully saturated rings. The minimum atomic E-state index is 0.765. The van der Waals surface area contributed by atoms with Gasteiger partial charge in [-0.2, -0.15) is 0 Å². The molecule has 0 aliphatic heterocycles. The third-order valence-electron chi connectivity index (χ3n) is 3.44. The smallest absolute Gasteiger partial charge is 0.168 e. The number of aryl methyl sites for hydroxylation is 1. The van der Waals surface area contributed by atoms with Crippen LogP contribution in [0.2, 0.25) is 0 Å². The van der Waals surface area contributed by atoms with E-state index in [1.165, 1.54) is 5.56 Å². The molecule has 0 aliphatic rings. The van der Waals surface area contributed by atoms with Crippen LogP contribution in [0.15, 0.2) is 43.0 Å². The van der Waals surface area contributed by atoms with Crippen molar-refractivity contribution in [2.24, 2.45) is 0 Å². The fraction of sp³-hybridized carbons (Fsp3) is 0.375. The minimum absolute atomic E-state index is 0.765. The van der Waals surface area contributed by atoms with E-state index in [9.17, 15) is 0 Å². The van der Waals surface area contributed by atoms with Crippen molar-refractivity contribution >= 4 is 17.3 Å². The van der Waals surface area contributed by atoms with E-state index in [2.05, 4.69) is 31.9 Å². The summed E-state index contributed by atoms with van der Waals surface area (Å²) in [5, 5.41) is 3.83. The monoisotopic (exact) mass is 318 g/mol. The lowest BCUT2D eigenvalue weighted by Gasteiger charge is -2.25. The first-order valence-corrected chi connectivity index (χ1v) is 7.69. The zero-order chi connectivity index (χ0) is 15.8. The molecule has 2 rings (SSSR count). The zero-order valence-electron chi connectivity index (χ0n) is 13.0. The van der Waals surface area contributed by atoms with Crippen LogP contribution in [0.1, 0.15) is 12.0 Å². The lowest BCUT2D eigenvalue weighted by atomic mass is 10.2. The fourth-order valence-corrected chi connectivity index (χ4v) is 2.38. The summed E-state index contributed by atoms with van der Waals surface area (Å²) >= 11 is 5.41. The second kappa shape index (κ2) is 8.38. The summed E-state index contributed by atoms with van der Waals surface area (Å²) in [5.41, 5.74) is 1.21. The Morgan fingerprint density at radius 3 is 2.73 bits per heavy atom. The Balaban J connectivity index is 1.91. The minimum Gasteiger partial charge on any atom is -0.497 e. The van der Waals surface area contributed by atoms with Gasteiger partial charge in [0.1, 0.15) is 5.75 Å². The van der Waals surface area contributed by atoms with Crippen LogP contribution in [-0.2, 0) is 13.1 Å². The van der Waals surface area contributed by atoms with E-state index < -0.39 is 0 Å². The van der Waals surface area contributed by atoms with Crippen LogP contribution in [0.4, 0.5) is 0 Å². The van der Waals surface area contributed by atoms with E-state index in [1.54, 1.807) is 13.3 Å². The van der Waals surface area contributed by atoms with Gasteiger partial charge in [0.15, 0.2) is 5.11 Å². The summed E-state index contributed by atoms with van der Waals surface area (Å²) in [5.74, 6) is 0.867. The highest BCUT2D eigenvalue weighted by atomic mass is 32.1. The van der Waals surface area contributed by atoms with Crippen molar-refractivity contribution in [2.75, 3.05) is 20.7 Å². The maximum absolute atomic E-state index is 5.41. The SMILES string of the molecule is CNC(=S)N(CCCn1ccnc1)Cc1ccc(OC)cc1. The number of thiocarbonyl (C=S) groups is 1. The molecule has 0 aliphatic carbocycles. The Hall–Kier alpha value is -2.08. The number of hydrogen-bond acceptors (Lipinski definition) is 3. The van der Waals surface area contributed by atoms with E-state index in [-0.39, 0.29) is 0 Å². The molecule has 0 unspecified atom stereocenters. The fourth-order valence-electron chi connectivity index (χ4n) is 2.22. The van der Waals surface area contributed by atoms with Crippen molar-refractivity contribution < 1.29 is 4.74 Å². The number of rotatable bonds is 7. The maximum Gasteiger partial charge on any atom is 0.168 e. The summed E-state index contributed by atoms with van der Waals surface area (Å²) in [6.07, 6.45) is 6.62. The van der Waals surface area contributed by atoms with Crippen LogP contribution in [-0.4, -0.2) is 40.3 Å². The predicted octanol–water partition coefficient (Wildman–Crippen LogP) is 2.29. The average molecular weight is 318 g/mol. The Morgan fingerprint density at radius 1 is 1.36 bits per heavy atom. The number of methoxy groups -OCH3 is 1. The van der Waals surface area contributed by atoms with Gasteiger partial charge in [0.05, 0.1) is 13.4 Å². The van der Waals surface area contributed by atoms with E-state index in [1.807, 2.05) is 31.7 Å². The van der Waals surface area contributed by atoms with Crippen molar-refractivity contribution in [2.45, 2.75) is 19.5 Å². The molecular formula is C16H22N4OS. The zero-order valence-corrected chi connectivity index (χ0v) is 13.8. The van der Waals surface area contributed by atoms with Crippen molar-refractivity contribution in [3.63, 3.8) is 0 Å². The molecule has 2 aromatic rings. The summed E-state index contributed by atoms with van der Waals surface area (Å²) in [7, 11) is 3.53. The van der Waals surface area contributed by atoms with Crippen LogP contribution in [0.25, 0.3) is 0 Å². The van der Waals surface area contributed by atoms with Crippen molar-refractivity contribution in [1.29, 1.82) is 0 Å². The molecule has 6 heteroatoms. The summed E-state index contributed by atoms with van der Waals surface area (Å²) in [6.45, 7) is 2.61. The molecule has 0 saturated carbocycles. The third-order valence-corrected chi connectivity index (χ3v) is 3.90. The van der Waals surface area contributed by atoms with Gasteiger partial charge in [-0.05, 0) is 36.3 Å². The summed E-state index contributed by atoms with van der Waals surface area (Å²) in [6, 6.07) is 8.09. The van der Waals surface area contributed by atoms with Crippen molar-refractivity contribution in [3.8, 4) is 5.75 Å². The lowest BCUT2D eigenvalue weighted by Crippen LogP contribution is -2.38. The quantitative estimate of drug-likeness (QED) is 0.794. The van der Waals surface area contributed by atoms with Crippen LogP contribution in [0.5, 0.6) is 5.75 Å². The van der Waals surface area contributed by atoms with Gasteiger partial charge in [-0.15, -0.1) is 0 Å². The predicted molar refractivity (Wildman–Crippen MR) is 91.9 cm³/mol. The highest BCUT2D eigenvalue weighted by Crippen LogP contribution is 2.13. The van der Waals surface area contributed by atoms with E-state index in [0.717, 1.165) is 36.9 Å². The molecule has 0 radical (unpaired) electrons. The molecule has 1 N–H and O–H groups in total. The maximum atomic E-state index is 5.41. The highest BCUT2D eigenvalue weighted by Gasteiger charge is 2.09. The number of nitrogens with zero attached hydrogens (tertiary/aromatic N) is 3. The molecule has 0 amide bonds. The molecule has 0 spiro atoms. The second-order valence-electron chi connectivity index (χ2n) is 4.98. The first-order valence-electron chi connectivity index (χ1n) is 7.28. The normalized spacial score (nSPS) is 10.3. The molecule has 22 heavy (non-hydrogen) atoms. The van der Waals surface area contributed by atoms with Gasteiger partial charge in [-0.3, -0.25) is 0 Å². The number of ether oxygens (including phenoxy) is 1. The van der Waals surface area contributed by atoms with Gasteiger partial charge in [0.2, 0.25) is 0 Å². The average Bonchev–Trinajstić information content (AvgIpc) is 3.07. The first kappa shape index (κ1) is 16.3. The molecule has 1 aromatic heterocycles. The number of imidazole rings is 1. The number of hydrogen-bond donors (Lipinski definition) is 1. The number of nitrogens with one attached hydrogen (secondary N) is 1. The molecule has 5 nitrogen and oxygen atoms in total. The Morgan fingerprint density at radius 2 is 2.14 bits per heavy atom. The van der Waals surface area contributed by atoms with Gasteiger partial charge in [0.25, 0.3) is 0 Å². The number of benzene rings is 1. The van der Waals surface area contributed by atoms with E-state index in [0.29, 0.717) is 0 Å². The Bertz CT molecular complexity index is 568. The molecule has 1 heterocycles. The highest BCUT2D eigenvalue weighted by molar-refractivity contribution is 7.80. The third kappa shape index (κ3) is 4.73. The van der Waals surface area contributed by atoms with Crippen LogP contribution in [0.3, 0.4) is 0 Å². The van der Waals surface area contributed by atoms with Gasteiger partial charge in [-0.1, -0.05) is 12.1 Å². The second-order valence-corrected chi connectivity index (χ2v) is 5.37. The first-order chi connectivity index (χ1) is 10.7. The molecule has 0 saturated heterocycles.